The van der Waals surface area contributed by atoms with Crippen molar-refractivity contribution in [2.75, 3.05) is 51.4 Å². The van der Waals surface area contributed by atoms with E-state index in [1.54, 1.807) is 12.0 Å². The first-order chi connectivity index (χ1) is 12.7. The van der Waals surface area contributed by atoms with E-state index in [0.29, 0.717) is 13.2 Å². The maximum Gasteiger partial charge on any atom is 0.162 e. The zero-order valence-corrected chi connectivity index (χ0v) is 16.5. The predicted molar refractivity (Wildman–Crippen MR) is 105 cm³/mol. The molecular formula is C20H24BrN2O3+. The fourth-order valence-electron chi connectivity index (χ4n) is 3.56. The number of methoxy groups -OCH3 is 1. The molecule has 0 aromatic heterocycles. The molecule has 0 saturated carbocycles. The minimum absolute atomic E-state index is 0.622. The quantitative estimate of drug-likeness (QED) is 0.823. The Bertz CT molecular complexity index is 758. The molecule has 2 heterocycles. The zero-order valence-electron chi connectivity index (χ0n) is 15.0. The van der Waals surface area contributed by atoms with E-state index in [9.17, 15) is 0 Å². The molecule has 2 aromatic carbocycles. The Balaban J connectivity index is 1.38. The molecule has 1 saturated heterocycles. The van der Waals surface area contributed by atoms with Crippen molar-refractivity contribution < 1.29 is 19.1 Å². The summed E-state index contributed by atoms with van der Waals surface area (Å²) in [6.07, 6.45) is 0. The fourth-order valence-corrected chi connectivity index (χ4v) is 4.02. The van der Waals surface area contributed by atoms with E-state index in [4.69, 9.17) is 14.2 Å². The van der Waals surface area contributed by atoms with Gasteiger partial charge in [0.1, 0.15) is 25.5 Å². The van der Waals surface area contributed by atoms with Crippen LogP contribution < -0.4 is 24.0 Å². The smallest absolute Gasteiger partial charge is 0.162 e. The number of rotatable bonds is 4. The average Bonchev–Trinajstić information content (AvgIpc) is 2.69. The minimum atomic E-state index is 0.622. The standard InChI is InChI=1S/C20H23BrN2O3/c1-24-17-4-2-16(3-5-17)23-8-6-22(7-9-23)14-15-12-19-20(13-18(15)21)26-11-10-25-19/h2-5,12-13H,6-11,14H2,1H3/p+1. The molecule has 138 valence electrons. The third kappa shape index (κ3) is 3.76. The predicted octanol–water partition coefficient (Wildman–Crippen LogP) is 2.13. The molecule has 6 heteroatoms. The van der Waals surface area contributed by atoms with Crippen LogP contribution in [0.15, 0.2) is 40.9 Å². The van der Waals surface area contributed by atoms with Crippen LogP contribution in [0.1, 0.15) is 5.56 Å². The van der Waals surface area contributed by atoms with Crippen LogP contribution in [0.25, 0.3) is 0 Å². The Labute approximate surface area is 162 Å². The molecule has 0 aliphatic carbocycles. The molecule has 0 spiro atoms. The molecule has 0 unspecified atom stereocenters. The van der Waals surface area contributed by atoms with Crippen LogP contribution in [-0.2, 0) is 6.54 Å². The number of piperazine rings is 1. The first-order valence-corrected chi connectivity index (χ1v) is 9.83. The molecule has 0 amide bonds. The van der Waals surface area contributed by atoms with Gasteiger partial charge in [-0.3, -0.25) is 0 Å². The Morgan fingerprint density at radius 3 is 2.35 bits per heavy atom. The lowest BCUT2D eigenvalue weighted by Crippen LogP contribution is -3.13. The number of quaternary nitrogens is 1. The first kappa shape index (κ1) is 17.5. The van der Waals surface area contributed by atoms with Crippen molar-refractivity contribution in [1.82, 2.24) is 0 Å². The third-order valence-electron chi connectivity index (χ3n) is 5.06. The van der Waals surface area contributed by atoms with Gasteiger partial charge in [-0.2, -0.15) is 0 Å². The van der Waals surface area contributed by atoms with Crippen LogP contribution in [0.3, 0.4) is 0 Å². The van der Waals surface area contributed by atoms with Gasteiger partial charge in [-0.1, -0.05) is 15.9 Å². The third-order valence-corrected chi connectivity index (χ3v) is 5.80. The van der Waals surface area contributed by atoms with Crippen molar-refractivity contribution >= 4 is 21.6 Å². The lowest BCUT2D eigenvalue weighted by molar-refractivity contribution is -0.914. The van der Waals surface area contributed by atoms with Crippen molar-refractivity contribution in [2.45, 2.75) is 6.54 Å². The van der Waals surface area contributed by atoms with Crippen LogP contribution in [0.5, 0.6) is 17.2 Å². The topological polar surface area (TPSA) is 35.4 Å². The van der Waals surface area contributed by atoms with Gasteiger partial charge in [0.2, 0.25) is 0 Å². The second-order valence-corrected chi connectivity index (χ2v) is 7.55. The largest absolute Gasteiger partial charge is 0.497 e. The van der Waals surface area contributed by atoms with Crippen LogP contribution in [0.2, 0.25) is 0 Å². The molecule has 5 nitrogen and oxygen atoms in total. The molecule has 1 fully saturated rings. The molecule has 2 aliphatic heterocycles. The van der Waals surface area contributed by atoms with Crippen LogP contribution in [0, 0.1) is 0 Å². The summed E-state index contributed by atoms with van der Waals surface area (Å²) < 4.78 is 17.7. The average molecular weight is 420 g/mol. The summed E-state index contributed by atoms with van der Waals surface area (Å²) in [4.78, 5) is 4.04. The normalized spacial score (nSPS) is 17.2. The number of nitrogens with zero attached hydrogens (tertiary/aromatic N) is 1. The number of hydrogen-bond acceptors (Lipinski definition) is 4. The maximum absolute atomic E-state index is 5.73. The van der Waals surface area contributed by atoms with Crippen molar-refractivity contribution in [3.63, 3.8) is 0 Å². The summed E-state index contributed by atoms with van der Waals surface area (Å²) >= 11 is 3.69. The number of benzene rings is 2. The Kier molecular flexibility index (Phi) is 5.22. The monoisotopic (exact) mass is 419 g/mol. The zero-order chi connectivity index (χ0) is 17.9. The summed E-state index contributed by atoms with van der Waals surface area (Å²) in [6, 6.07) is 12.5. The van der Waals surface area contributed by atoms with Crippen molar-refractivity contribution in [2.24, 2.45) is 0 Å². The highest BCUT2D eigenvalue weighted by atomic mass is 79.9. The van der Waals surface area contributed by atoms with Gasteiger partial charge in [-0.25, -0.2) is 0 Å². The van der Waals surface area contributed by atoms with Crippen LogP contribution in [-0.4, -0.2) is 46.5 Å². The van der Waals surface area contributed by atoms with E-state index in [2.05, 4.69) is 39.0 Å². The van der Waals surface area contributed by atoms with Gasteiger partial charge in [0.15, 0.2) is 11.5 Å². The lowest BCUT2D eigenvalue weighted by atomic mass is 10.1. The van der Waals surface area contributed by atoms with Crippen LogP contribution in [0.4, 0.5) is 5.69 Å². The van der Waals surface area contributed by atoms with E-state index in [-0.39, 0.29) is 0 Å². The summed E-state index contributed by atoms with van der Waals surface area (Å²) in [5.41, 5.74) is 2.55. The highest BCUT2D eigenvalue weighted by Crippen LogP contribution is 2.35. The number of anilines is 1. The van der Waals surface area contributed by atoms with Gasteiger partial charge in [-0.15, -0.1) is 0 Å². The summed E-state index contributed by atoms with van der Waals surface area (Å²) in [6.45, 7) is 6.60. The van der Waals surface area contributed by atoms with E-state index in [0.717, 1.165) is 54.4 Å². The molecule has 0 bridgehead atoms. The Hall–Kier alpha value is -1.92. The first-order valence-electron chi connectivity index (χ1n) is 9.03. The molecule has 1 N–H and O–H groups in total. The summed E-state index contributed by atoms with van der Waals surface area (Å²) in [5.74, 6) is 2.61. The van der Waals surface area contributed by atoms with E-state index in [1.165, 1.54) is 11.3 Å². The summed E-state index contributed by atoms with van der Waals surface area (Å²) in [7, 11) is 1.70. The van der Waals surface area contributed by atoms with Gasteiger partial charge < -0.3 is 24.0 Å². The number of halogens is 1. The van der Waals surface area contributed by atoms with Gasteiger partial charge in [-0.05, 0) is 36.4 Å². The molecule has 2 aliphatic rings. The molecule has 2 aromatic rings. The second-order valence-electron chi connectivity index (χ2n) is 6.70. The van der Waals surface area contributed by atoms with Crippen LogP contribution >= 0.6 is 15.9 Å². The molecular weight excluding hydrogens is 396 g/mol. The summed E-state index contributed by atoms with van der Waals surface area (Å²) in [5, 5.41) is 0. The highest BCUT2D eigenvalue weighted by Gasteiger charge is 2.23. The molecule has 4 rings (SSSR count). The molecule has 0 radical (unpaired) electrons. The number of nitrogens with one attached hydrogen (secondary N) is 1. The second kappa shape index (κ2) is 7.76. The van der Waals surface area contributed by atoms with Gasteiger partial charge in [0.05, 0.1) is 33.3 Å². The van der Waals surface area contributed by atoms with E-state index in [1.807, 2.05) is 18.2 Å². The lowest BCUT2D eigenvalue weighted by Gasteiger charge is -2.34. The number of fused-ring (bicyclic) bond motifs is 1. The Morgan fingerprint density at radius 1 is 1.04 bits per heavy atom. The van der Waals surface area contributed by atoms with Gasteiger partial charge in [0.25, 0.3) is 0 Å². The SMILES string of the molecule is COc1ccc(N2CC[NH+](Cc3cc4c(cc3Br)OCCO4)CC2)cc1. The Morgan fingerprint density at radius 2 is 1.69 bits per heavy atom. The van der Waals surface area contributed by atoms with Gasteiger partial charge >= 0.3 is 0 Å². The minimum Gasteiger partial charge on any atom is -0.497 e. The van der Waals surface area contributed by atoms with Gasteiger partial charge in [0, 0.05) is 15.7 Å². The van der Waals surface area contributed by atoms with E-state index < -0.39 is 0 Å². The maximum atomic E-state index is 5.73. The number of hydrogen-bond donors (Lipinski definition) is 1. The fraction of sp³-hybridized carbons (Fsp3) is 0.400. The molecule has 0 atom stereocenters. The molecule has 26 heavy (non-hydrogen) atoms. The highest BCUT2D eigenvalue weighted by molar-refractivity contribution is 9.10. The number of ether oxygens (including phenoxy) is 3. The van der Waals surface area contributed by atoms with E-state index >= 15 is 0 Å². The van der Waals surface area contributed by atoms with Crippen molar-refractivity contribution in [1.29, 1.82) is 0 Å². The van der Waals surface area contributed by atoms with Crippen molar-refractivity contribution in [3.05, 3.63) is 46.4 Å². The van der Waals surface area contributed by atoms with Crippen molar-refractivity contribution in [3.8, 4) is 17.2 Å².